The van der Waals surface area contributed by atoms with Crippen LogP contribution in [0.1, 0.15) is 24.2 Å². The van der Waals surface area contributed by atoms with E-state index in [4.69, 9.17) is 11.6 Å². The van der Waals surface area contributed by atoms with Crippen LogP contribution in [-0.2, 0) is 0 Å². The van der Waals surface area contributed by atoms with Crippen molar-refractivity contribution in [2.45, 2.75) is 24.3 Å². The smallest absolute Gasteiger partial charge is 0.252 e. The van der Waals surface area contributed by atoms with Gasteiger partial charge in [-0.25, -0.2) is 0 Å². The second kappa shape index (κ2) is 5.76. The van der Waals surface area contributed by atoms with Gasteiger partial charge in [-0.05, 0) is 38.3 Å². The minimum Gasteiger partial charge on any atom is -0.389 e. The molecule has 17 heavy (non-hydrogen) atoms. The fourth-order valence-electron chi connectivity index (χ4n) is 1.20. The van der Waals surface area contributed by atoms with Crippen molar-refractivity contribution in [1.82, 2.24) is 5.32 Å². The van der Waals surface area contributed by atoms with Crippen molar-refractivity contribution in [3.63, 3.8) is 0 Å². The first-order valence-corrected chi connectivity index (χ1v) is 6.78. The second-order valence-corrected chi connectivity index (χ2v) is 5.63. The molecule has 2 N–H and O–H groups in total. The Labute approximate surface area is 111 Å². The highest BCUT2D eigenvalue weighted by Gasteiger charge is 2.16. The predicted octanol–water partition coefficient (Wildman–Crippen LogP) is 2.56. The van der Waals surface area contributed by atoms with E-state index in [0.717, 1.165) is 4.90 Å². The van der Waals surface area contributed by atoms with E-state index in [1.165, 1.54) is 0 Å². The Kier molecular flexibility index (Phi) is 4.86. The van der Waals surface area contributed by atoms with E-state index in [9.17, 15) is 9.90 Å². The maximum absolute atomic E-state index is 11.9. The number of hydrogen-bond acceptors (Lipinski definition) is 3. The summed E-state index contributed by atoms with van der Waals surface area (Å²) >= 11 is 7.51. The summed E-state index contributed by atoms with van der Waals surface area (Å²) in [4.78, 5) is 12.8. The molecule has 0 heterocycles. The van der Waals surface area contributed by atoms with E-state index >= 15 is 0 Å². The van der Waals surface area contributed by atoms with Gasteiger partial charge in [0.15, 0.2) is 0 Å². The Morgan fingerprint density at radius 3 is 2.71 bits per heavy atom. The summed E-state index contributed by atoms with van der Waals surface area (Å²) in [5.41, 5.74) is -0.498. The molecule has 1 aromatic rings. The van der Waals surface area contributed by atoms with Gasteiger partial charge in [-0.3, -0.25) is 4.79 Å². The van der Waals surface area contributed by atoms with Crippen LogP contribution in [0.3, 0.4) is 0 Å². The van der Waals surface area contributed by atoms with Crippen molar-refractivity contribution in [2.24, 2.45) is 0 Å². The lowest BCUT2D eigenvalue weighted by molar-refractivity contribution is 0.0694. The maximum atomic E-state index is 11.9. The third kappa shape index (κ3) is 4.58. The number of halogens is 1. The van der Waals surface area contributed by atoms with Crippen LogP contribution in [0.2, 0.25) is 5.02 Å². The summed E-state index contributed by atoms with van der Waals surface area (Å²) in [5, 5.41) is 12.6. The first-order valence-electron chi connectivity index (χ1n) is 5.17. The highest BCUT2D eigenvalue weighted by molar-refractivity contribution is 7.98. The van der Waals surface area contributed by atoms with Crippen LogP contribution in [-0.4, -0.2) is 29.4 Å². The first kappa shape index (κ1) is 14.4. The lowest BCUT2D eigenvalue weighted by Gasteiger charge is -2.18. The number of aliphatic hydroxyl groups is 1. The second-order valence-electron chi connectivity index (χ2n) is 4.34. The Balaban J connectivity index is 2.81. The molecule has 0 aliphatic rings. The molecule has 0 radical (unpaired) electrons. The summed E-state index contributed by atoms with van der Waals surface area (Å²) in [5.74, 6) is -0.270. The quantitative estimate of drug-likeness (QED) is 0.829. The molecule has 0 saturated carbocycles. The van der Waals surface area contributed by atoms with E-state index in [-0.39, 0.29) is 12.5 Å². The zero-order valence-electron chi connectivity index (χ0n) is 10.1. The first-order chi connectivity index (χ1) is 7.83. The normalized spacial score (nSPS) is 11.4. The van der Waals surface area contributed by atoms with Gasteiger partial charge in [0.1, 0.15) is 0 Å². The number of nitrogens with one attached hydrogen (secondary N) is 1. The van der Waals surface area contributed by atoms with Gasteiger partial charge in [-0.1, -0.05) is 11.6 Å². The van der Waals surface area contributed by atoms with E-state index in [1.54, 1.807) is 37.7 Å². The molecule has 0 aliphatic carbocycles. The van der Waals surface area contributed by atoms with Gasteiger partial charge >= 0.3 is 0 Å². The molecular weight excluding hydrogens is 258 g/mol. The van der Waals surface area contributed by atoms with Gasteiger partial charge in [0.2, 0.25) is 0 Å². The van der Waals surface area contributed by atoms with Crippen LogP contribution in [0.25, 0.3) is 0 Å². The molecule has 1 aromatic carbocycles. The Bertz CT molecular complexity index is 415. The molecule has 94 valence electrons. The predicted molar refractivity (Wildman–Crippen MR) is 71.9 cm³/mol. The molecule has 0 saturated heterocycles. The summed E-state index contributed by atoms with van der Waals surface area (Å²) in [7, 11) is 0. The Hall–Kier alpha value is -0.710. The van der Waals surface area contributed by atoms with Crippen LogP contribution >= 0.6 is 23.4 Å². The molecular formula is C12H16ClNO2S. The highest BCUT2D eigenvalue weighted by atomic mass is 35.5. The molecule has 0 atom stereocenters. The Morgan fingerprint density at radius 2 is 2.18 bits per heavy atom. The average molecular weight is 274 g/mol. The molecule has 1 rings (SSSR count). The van der Waals surface area contributed by atoms with Crippen molar-refractivity contribution in [2.75, 3.05) is 12.8 Å². The Morgan fingerprint density at radius 1 is 1.53 bits per heavy atom. The van der Waals surface area contributed by atoms with Crippen molar-refractivity contribution >= 4 is 29.3 Å². The van der Waals surface area contributed by atoms with E-state index in [2.05, 4.69) is 5.32 Å². The number of benzene rings is 1. The number of amides is 1. The fourth-order valence-corrected chi connectivity index (χ4v) is 1.84. The zero-order chi connectivity index (χ0) is 13.1. The van der Waals surface area contributed by atoms with Crippen LogP contribution in [0.4, 0.5) is 0 Å². The van der Waals surface area contributed by atoms with Gasteiger partial charge < -0.3 is 10.4 Å². The van der Waals surface area contributed by atoms with Crippen LogP contribution in [0, 0.1) is 0 Å². The standard InChI is InChI=1S/C12H16ClNO2S/c1-12(2,16)7-14-11(15)9-6-8(17-3)4-5-10(9)13/h4-6,16H,7H2,1-3H3,(H,14,15). The molecule has 5 heteroatoms. The lowest BCUT2D eigenvalue weighted by atomic mass is 10.1. The number of carbonyl (C=O) groups excluding carboxylic acids is 1. The van der Waals surface area contributed by atoms with Crippen molar-refractivity contribution in [3.8, 4) is 0 Å². The number of thioether (sulfide) groups is 1. The number of hydrogen-bond donors (Lipinski definition) is 2. The van der Waals surface area contributed by atoms with Crippen molar-refractivity contribution in [3.05, 3.63) is 28.8 Å². The van der Waals surface area contributed by atoms with E-state index in [0.29, 0.717) is 10.6 Å². The topological polar surface area (TPSA) is 49.3 Å². The molecule has 0 unspecified atom stereocenters. The van der Waals surface area contributed by atoms with Crippen molar-refractivity contribution < 1.29 is 9.90 Å². The summed E-state index contributed by atoms with van der Waals surface area (Å²) < 4.78 is 0. The molecule has 0 fully saturated rings. The van der Waals surface area contributed by atoms with Crippen LogP contribution < -0.4 is 5.32 Å². The molecule has 0 aromatic heterocycles. The monoisotopic (exact) mass is 273 g/mol. The molecule has 3 nitrogen and oxygen atoms in total. The van der Waals surface area contributed by atoms with Gasteiger partial charge in [0.05, 0.1) is 16.2 Å². The third-order valence-electron chi connectivity index (χ3n) is 2.10. The minimum atomic E-state index is -0.931. The largest absolute Gasteiger partial charge is 0.389 e. The highest BCUT2D eigenvalue weighted by Crippen LogP contribution is 2.22. The molecule has 1 amide bonds. The SMILES string of the molecule is CSc1ccc(Cl)c(C(=O)NCC(C)(C)O)c1. The zero-order valence-corrected chi connectivity index (χ0v) is 11.7. The summed E-state index contributed by atoms with van der Waals surface area (Å²) in [6.45, 7) is 3.45. The third-order valence-corrected chi connectivity index (χ3v) is 3.15. The van der Waals surface area contributed by atoms with Crippen LogP contribution in [0.15, 0.2) is 23.1 Å². The van der Waals surface area contributed by atoms with Crippen molar-refractivity contribution in [1.29, 1.82) is 0 Å². The van der Waals surface area contributed by atoms with Gasteiger partial charge in [0.25, 0.3) is 5.91 Å². The minimum absolute atomic E-state index is 0.186. The van der Waals surface area contributed by atoms with Gasteiger partial charge in [-0.15, -0.1) is 11.8 Å². The van der Waals surface area contributed by atoms with Gasteiger partial charge in [-0.2, -0.15) is 0 Å². The van der Waals surface area contributed by atoms with E-state index in [1.807, 2.05) is 12.3 Å². The maximum Gasteiger partial charge on any atom is 0.252 e. The van der Waals surface area contributed by atoms with Gasteiger partial charge in [0, 0.05) is 11.4 Å². The molecule has 0 bridgehead atoms. The molecule has 0 aliphatic heterocycles. The number of carbonyl (C=O) groups is 1. The summed E-state index contributed by atoms with van der Waals surface area (Å²) in [6.07, 6.45) is 1.93. The number of rotatable bonds is 4. The van der Waals surface area contributed by atoms with Crippen LogP contribution in [0.5, 0.6) is 0 Å². The van der Waals surface area contributed by atoms with E-state index < -0.39 is 5.60 Å². The molecule has 0 spiro atoms. The lowest BCUT2D eigenvalue weighted by Crippen LogP contribution is -2.38. The summed E-state index contributed by atoms with van der Waals surface area (Å²) in [6, 6.07) is 5.30. The average Bonchev–Trinajstić information content (AvgIpc) is 2.25. The fraction of sp³-hybridized carbons (Fsp3) is 0.417.